The fourth-order valence-electron chi connectivity index (χ4n) is 12.3. The summed E-state index contributed by atoms with van der Waals surface area (Å²) in [6.07, 6.45) is 0. The van der Waals surface area contributed by atoms with Gasteiger partial charge < -0.3 is 9.32 Å². The summed E-state index contributed by atoms with van der Waals surface area (Å²) < 4.78 is 6.45. The van der Waals surface area contributed by atoms with E-state index in [9.17, 15) is 0 Å². The fraction of sp³-hybridized carbons (Fsp3) is 0.0149. The maximum atomic E-state index is 6.45. The molecule has 2 aliphatic carbocycles. The van der Waals surface area contributed by atoms with Gasteiger partial charge in [-0.2, -0.15) is 0 Å². The highest BCUT2D eigenvalue weighted by Gasteiger charge is 2.52. The molecule has 1 heterocycles. The lowest BCUT2D eigenvalue weighted by Crippen LogP contribution is -2.26. The first-order valence-corrected chi connectivity index (χ1v) is 23.9. The van der Waals surface area contributed by atoms with Crippen LogP contribution in [0.1, 0.15) is 22.3 Å². The third-order valence-corrected chi connectivity index (χ3v) is 15.3. The average Bonchev–Trinajstić information content (AvgIpc) is 4.05. The maximum Gasteiger partial charge on any atom is 0.135 e. The third-order valence-electron chi connectivity index (χ3n) is 15.3. The van der Waals surface area contributed by atoms with Gasteiger partial charge in [0.25, 0.3) is 0 Å². The van der Waals surface area contributed by atoms with Crippen molar-refractivity contribution in [2.75, 3.05) is 4.90 Å². The van der Waals surface area contributed by atoms with Gasteiger partial charge in [-0.25, -0.2) is 0 Å². The molecule has 69 heavy (non-hydrogen) atoms. The average molecular weight is 876 g/mol. The molecule has 2 nitrogen and oxygen atoms in total. The fourth-order valence-corrected chi connectivity index (χ4v) is 12.3. The summed E-state index contributed by atoms with van der Waals surface area (Å²) in [5, 5.41) is 9.72. The second kappa shape index (κ2) is 14.5. The van der Waals surface area contributed by atoms with Gasteiger partial charge in [0.15, 0.2) is 0 Å². The minimum atomic E-state index is -0.529. The van der Waals surface area contributed by atoms with Crippen LogP contribution in [-0.4, -0.2) is 0 Å². The predicted octanol–water partition coefficient (Wildman–Crippen LogP) is 18.2. The molecule has 13 aromatic rings. The summed E-state index contributed by atoms with van der Waals surface area (Å²) >= 11 is 0. The van der Waals surface area contributed by atoms with Gasteiger partial charge >= 0.3 is 0 Å². The van der Waals surface area contributed by atoms with Crippen molar-refractivity contribution < 1.29 is 4.42 Å². The van der Waals surface area contributed by atoms with Crippen molar-refractivity contribution in [2.24, 2.45) is 0 Å². The normalized spacial score (nSPS) is 13.0. The van der Waals surface area contributed by atoms with Crippen LogP contribution in [0.15, 0.2) is 253 Å². The quantitative estimate of drug-likeness (QED) is 0.160. The molecule has 12 aromatic carbocycles. The van der Waals surface area contributed by atoms with E-state index in [2.05, 4.69) is 248 Å². The van der Waals surface area contributed by atoms with E-state index >= 15 is 0 Å². The number of rotatable bonds is 5. The molecular weight excluding hydrogens is 835 g/mol. The molecule has 0 atom stereocenters. The lowest BCUT2D eigenvalue weighted by molar-refractivity contribution is 0.669. The third kappa shape index (κ3) is 5.37. The van der Waals surface area contributed by atoms with Crippen LogP contribution >= 0.6 is 0 Å². The Morgan fingerprint density at radius 2 is 0.739 bits per heavy atom. The summed E-state index contributed by atoms with van der Waals surface area (Å²) in [5.74, 6) is 0. The van der Waals surface area contributed by atoms with Crippen LogP contribution in [0, 0.1) is 0 Å². The number of para-hydroxylation sites is 1. The van der Waals surface area contributed by atoms with E-state index in [1.165, 1.54) is 88.0 Å². The van der Waals surface area contributed by atoms with Crippen LogP contribution in [-0.2, 0) is 5.41 Å². The molecule has 0 fully saturated rings. The molecule has 1 aromatic heterocycles. The number of nitrogens with zero attached hydrogens (tertiary/aromatic N) is 1. The van der Waals surface area contributed by atoms with Crippen molar-refractivity contribution >= 4 is 71.3 Å². The summed E-state index contributed by atoms with van der Waals surface area (Å²) in [5.41, 5.74) is 19.5. The Balaban J connectivity index is 1.07. The summed E-state index contributed by atoms with van der Waals surface area (Å²) in [6.45, 7) is 0. The van der Waals surface area contributed by atoms with Crippen LogP contribution in [0.3, 0.4) is 0 Å². The van der Waals surface area contributed by atoms with Gasteiger partial charge in [-0.15, -0.1) is 0 Å². The monoisotopic (exact) mass is 875 g/mol. The van der Waals surface area contributed by atoms with Gasteiger partial charge in [-0.05, 0) is 148 Å². The lowest BCUT2D eigenvalue weighted by Gasteiger charge is -2.33. The van der Waals surface area contributed by atoms with E-state index in [-0.39, 0.29) is 0 Å². The van der Waals surface area contributed by atoms with E-state index < -0.39 is 5.41 Å². The van der Waals surface area contributed by atoms with Gasteiger partial charge in [0.2, 0.25) is 0 Å². The molecule has 0 unspecified atom stereocenters. The minimum Gasteiger partial charge on any atom is -0.456 e. The number of hydrogen-bond donors (Lipinski definition) is 0. The van der Waals surface area contributed by atoms with Gasteiger partial charge in [0, 0.05) is 27.7 Å². The number of furan rings is 1. The van der Waals surface area contributed by atoms with Gasteiger partial charge in [0.1, 0.15) is 11.2 Å². The van der Waals surface area contributed by atoms with E-state index in [4.69, 9.17) is 4.42 Å². The van der Waals surface area contributed by atoms with Crippen molar-refractivity contribution in [3.63, 3.8) is 0 Å². The summed E-state index contributed by atoms with van der Waals surface area (Å²) in [6, 6.07) is 92.2. The second-order valence-electron chi connectivity index (χ2n) is 18.7. The Labute approximate surface area is 399 Å². The molecule has 2 aliphatic rings. The SMILES string of the molecule is c1ccc(-c2ccc(N(c3ccc4c5ccccc5c5ccccc5c4c3)c3cc4c(cc3-c3ccc5oc6ccccc6c5c3)-c3ccccc3C43c4ccccc4-c4ccccc43)cc2)cc1. The van der Waals surface area contributed by atoms with Crippen LogP contribution in [0.25, 0.3) is 98.8 Å². The van der Waals surface area contributed by atoms with Crippen molar-refractivity contribution in [2.45, 2.75) is 5.41 Å². The Morgan fingerprint density at radius 3 is 1.39 bits per heavy atom. The molecule has 0 saturated heterocycles. The molecule has 0 N–H and O–H groups in total. The number of fused-ring (bicyclic) bond motifs is 19. The van der Waals surface area contributed by atoms with Gasteiger partial charge in [0.05, 0.1) is 11.1 Å². The molecule has 0 radical (unpaired) electrons. The van der Waals surface area contributed by atoms with Crippen LogP contribution < -0.4 is 4.90 Å². The Morgan fingerprint density at radius 1 is 0.261 bits per heavy atom. The standard InChI is InChI=1S/C67H41NO/c1-2-16-42(17-3-1)43-30-33-45(34-31-43)68(46-35-36-51-49-20-5-4-18-47(49)48-19-6-7-21-50(48)57(51)39-46)64-41-63-58(40-56(64)44-32-37-66-59(38-44)55-25-11-15-29-65(55)69-66)54-24-10-14-28-62(54)67(63)60-26-12-8-22-52(60)53-23-9-13-27-61(53)67/h1-41H. The minimum absolute atomic E-state index is 0.529. The van der Waals surface area contributed by atoms with Crippen LogP contribution in [0.5, 0.6) is 0 Å². The van der Waals surface area contributed by atoms with E-state index in [1.54, 1.807) is 0 Å². The number of benzene rings is 12. The smallest absolute Gasteiger partial charge is 0.135 e. The first-order valence-electron chi connectivity index (χ1n) is 23.9. The predicted molar refractivity (Wildman–Crippen MR) is 288 cm³/mol. The van der Waals surface area contributed by atoms with Crippen molar-refractivity contribution in [3.05, 3.63) is 271 Å². The lowest BCUT2D eigenvalue weighted by atomic mass is 9.70. The molecule has 2 heteroatoms. The van der Waals surface area contributed by atoms with E-state index in [0.29, 0.717) is 0 Å². The van der Waals surface area contributed by atoms with Crippen molar-refractivity contribution in [3.8, 4) is 44.5 Å². The van der Waals surface area contributed by atoms with Crippen molar-refractivity contribution in [1.29, 1.82) is 0 Å². The highest BCUT2D eigenvalue weighted by molar-refractivity contribution is 6.26. The molecule has 15 rings (SSSR count). The zero-order chi connectivity index (χ0) is 45.2. The topological polar surface area (TPSA) is 16.4 Å². The molecule has 1 spiro atoms. The molecule has 0 amide bonds. The van der Waals surface area contributed by atoms with Crippen LogP contribution in [0.2, 0.25) is 0 Å². The van der Waals surface area contributed by atoms with Crippen LogP contribution in [0.4, 0.5) is 17.1 Å². The molecule has 0 bridgehead atoms. The Bertz CT molecular complexity index is 4170. The zero-order valence-electron chi connectivity index (χ0n) is 37.5. The molecule has 0 aliphatic heterocycles. The Hall–Kier alpha value is -8.98. The highest BCUT2D eigenvalue weighted by Crippen LogP contribution is 2.64. The van der Waals surface area contributed by atoms with Gasteiger partial charge in [-0.3, -0.25) is 0 Å². The zero-order valence-corrected chi connectivity index (χ0v) is 37.5. The summed E-state index contributed by atoms with van der Waals surface area (Å²) in [7, 11) is 0. The molecule has 320 valence electrons. The molecular formula is C67H41NO. The number of hydrogen-bond acceptors (Lipinski definition) is 2. The molecule has 0 saturated carbocycles. The van der Waals surface area contributed by atoms with Gasteiger partial charge in [-0.1, -0.05) is 194 Å². The second-order valence-corrected chi connectivity index (χ2v) is 18.7. The highest BCUT2D eigenvalue weighted by atomic mass is 16.3. The Kier molecular flexibility index (Phi) is 8.02. The number of anilines is 3. The van der Waals surface area contributed by atoms with E-state index in [0.717, 1.165) is 50.1 Å². The first kappa shape index (κ1) is 38.2. The largest absolute Gasteiger partial charge is 0.456 e. The van der Waals surface area contributed by atoms with E-state index in [1.807, 2.05) is 6.07 Å². The van der Waals surface area contributed by atoms with Crippen molar-refractivity contribution in [1.82, 2.24) is 0 Å². The first-order chi connectivity index (χ1) is 34.2. The summed E-state index contributed by atoms with van der Waals surface area (Å²) in [4.78, 5) is 2.52. The maximum absolute atomic E-state index is 6.45.